The Labute approximate surface area is 207 Å². The van der Waals surface area contributed by atoms with Crippen LogP contribution in [0.3, 0.4) is 0 Å². The summed E-state index contributed by atoms with van der Waals surface area (Å²) in [5.74, 6) is 2.56. The van der Waals surface area contributed by atoms with E-state index in [-0.39, 0.29) is 19.3 Å². The fraction of sp³-hybridized carbons (Fsp3) is 0.192. The van der Waals surface area contributed by atoms with Crippen LogP contribution in [0, 0.1) is 6.92 Å². The summed E-state index contributed by atoms with van der Waals surface area (Å²) in [4.78, 5) is 12.9. The summed E-state index contributed by atoms with van der Waals surface area (Å²) in [5, 5.41) is 11.9. The summed E-state index contributed by atoms with van der Waals surface area (Å²) in [6.07, 6.45) is 0. The molecule has 0 fully saturated rings. The second-order valence-electron chi connectivity index (χ2n) is 7.94. The van der Waals surface area contributed by atoms with Crippen molar-refractivity contribution in [1.29, 1.82) is 0 Å². The van der Waals surface area contributed by atoms with Crippen LogP contribution in [-0.2, 0) is 11.4 Å². The lowest BCUT2D eigenvalue weighted by atomic mass is 10.2. The predicted octanol–water partition coefficient (Wildman–Crippen LogP) is 5.00. The number of rotatable bonds is 8. The lowest BCUT2D eigenvalue weighted by molar-refractivity contribution is -0.115. The third kappa shape index (κ3) is 5.09. The molecule has 0 spiro atoms. The molecular weight excluding hydrogens is 464 g/mol. The minimum atomic E-state index is -0.433. The highest BCUT2D eigenvalue weighted by Crippen LogP contribution is 2.34. The third-order valence-corrected chi connectivity index (χ3v) is 6.50. The van der Waals surface area contributed by atoms with Crippen LogP contribution in [0.2, 0.25) is 0 Å². The number of ether oxygens (including phenoxy) is 3. The van der Waals surface area contributed by atoms with E-state index in [4.69, 9.17) is 14.2 Å². The highest BCUT2D eigenvalue weighted by molar-refractivity contribution is 8.00. The van der Waals surface area contributed by atoms with Gasteiger partial charge in [0.2, 0.25) is 12.7 Å². The zero-order valence-corrected chi connectivity index (χ0v) is 20.1. The molecule has 5 rings (SSSR count). The monoisotopic (exact) mass is 488 g/mol. The predicted molar refractivity (Wildman–Crippen MR) is 133 cm³/mol. The molecule has 0 aliphatic carbocycles. The Hall–Kier alpha value is -3.98. The third-order valence-electron chi connectivity index (χ3n) is 5.46. The standard InChI is InChI=1S/C26H24N4O4S/c1-17-8-6-7-11-21(17)32-15-24-28-29-26(30(24)20-9-4-3-5-10-20)35-18(2)25(31)27-19-12-13-22-23(14-19)34-16-33-22/h3-14,18H,15-16H2,1-2H3,(H,27,31). The number of amides is 1. The van der Waals surface area contributed by atoms with Crippen LogP contribution in [0.4, 0.5) is 5.69 Å². The molecule has 35 heavy (non-hydrogen) atoms. The molecule has 8 nitrogen and oxygen atoms in total. The van der Waals surface area contributed by atoms with E-state index in [0.29, 0.717) is 28.2 Å². The van der Waals surface area contributed by atoms with E-state index in [0.717, 1.165) is 17.0 Å². The number of fused-ring (bicyclic) bond motifs is 1. The van der Waals surface area contributed by atoms with E-state index in [1.807, 2.05) is 73.0 Å². The van der Waals surface area contributed by atoms with Crippen LogP contribution < -0.4 is 19.5 Å². The van der Waals surface area contributed by atoms with Crippen LogP contribution in [0.25, 0.3) is 5.69 Å². The number of hydrogen-bond donors (Lipinski definition) is 1. The minimum absolute atomic E-state index is 0.158. The first-order valence-electron chi connectivity index (χ1n) is 11.1. The van der Waals surface area contributed by atoms with Crippen molar-refractivity contribution in [3.8, 4) is 22.9 Å². The van der Waals surface area contributed by atoms with Gasteiger partial charge >= 0.3 is 0 Å². The van der Waals surface area contributed by atoms with Crippen molar-refractivity contribution in [2.45, 2.75) is 30.9 Å². The van der Waals surface area contributed by atoms with Gasteiger partial charge in [-0.05, 0) is 49.7 Å². The highest BCUT2D eigenvalue weighted by Gasteiger charge is 2.22. The number of benzene rings is 3. The van der Waals surface area contributed by atoms with E-state index >= 15 is 0 Å². The quantitative estimate of drug-likeness (QED) is 0.349. The highest BCUT2D eigenvalue weighted by atomic mass is 32.2. The Morgan fingerprint density at radius 3 is 2.66 bits per heavy atom. The number of carbonyl (C=O) groups is 1. The maximum absolute atomic E-state index is 12.9. The summed E-state index contributed by atoms with van der Waals surface area (Å²) in [6, 6.07) is 23.0. The fourth-order valence-electron chi connectivity index (χ4n) is 3.60. The van der Waals surface area contributed by atoms with Gasteiger partial charge in [-0.2, -0.15) is 0 Å². The molecule has 0 bridgehead atoms. The normalized spacial score (nSPS) is 12.9. The van der Waals surface area contributed by atoms with Crippen molar-refractivity contribution in [2.75, 3.05) is 12.1 Å². The van der Waals surface area contributed by atoms with E-state index < -0.39 is 5.25 Å². The van der Waals surface area contributed by atoms with Gasteiger partial charge in [0.1, 0.15) is 12.4 Å². The fourth-order valence-corrected chi connectivity index (χ4v) is 4.48. The first kappa shape index (κ1) is 22.8. The minimum Gasteiger partial charge on any atom is -0.485 e. The van der Waals surface area contributed by atoms with Crippen molar-refractivity contribution in [1.82, 2.24) is 14.8 Å². The van der Waals surface area contributed by atoms with Gasteiger partial charge in [0.15, 0.2) is 22.5 Å². The van der Waals surface area contributed by atoms with Crippen molar-refractivity contribution < 1.29 is 19.0 Å². The molecule has 0 saturated heterocycles. The van der Waals surface area contributed by atoms with Gasteiger partial charge in [-0.15, -0.1) is 10.2 Å². The average Bonchev–Trinajstić information content (AvgIpc) is 3.50. The number of hydrogen-bond acceptors (Lipinski definition) is 7. The van der Waals surface area contributed by atoms with Gasteiger partial charge in [-0.1, -0.05) is 48.2 Å². The van der Waals surface area contributed by atoms with Gasteiger partial charge in [0.05, 0.1) is 5.25 Å². The van der Waals surface area contributed by atoms with Gasteiger partial charge in [0.25, 0.3) is 0 Å². The summed E-state index contributed by atoms with van der Waals surface area (Å²) >= 11 is 1.33. The second kappa shape index (κ2) is 10.1. The molecule has 0 saturated carbocycles. The zero-order chi connectivity index (χ0) is 24.2. The second-order valence-corrected chi connectivity index (χ2v) is 9.25. The summed E-state index contributed by atoms with van der Waals surface area (Å²) in [5.41, 5.74) is 2.58. The topological polar surface area (TPSA) is 87.5 Å². The summed E-state index contributed by atoms with van der Waals surface area (Å²) in [7, 11) is 0. The molecule has 4 aromatic rings. The lowest BCUT2D eigenvalue weighted by Crippen LogP contribution is -2.23. The SMILES string of the molecule is Cc1ccccc1OCc1nnc(SC(C)C(=O)Nc2ccc3c(c2)OCO3)n1-c1ccccc1. The van der Waals surface area contributed by atoms with Gasteiger partial charge in [0, 0.05) is 17.4 Å². The number of carbonyl (C=O) groups excluding carboxylic acids is 1. The average molecular weight is 489 g/mol. The first-order valence-corrected chi connectivity index (χ1v) is 12.0. The van der Waals surface area contributed by atoms with Crippen molar-refractivity contribution in [3.63, 3.8) is 0 Å². The molecule has 9 heteroatoms. The Morgan fingerprint density at radius 1 is 1.06 bits per heavy atom. The zero-order valence-electron chi connectivity index (χ0n) is 19.3. The molecule has 3 aromatic carbocycles. The van der Waals surface area contributed by atoms with Crippen molar-refractivity contribution in [3.05, 3.63) is 84.2 Å². The van der Waals surface area contributed by atoms with Gasteiger partial charge in [-0.25, -0.2) is 0 Å². The molecular formula is C26H24N4O4S. The number of nitrogens with zero attached hydrogens (tertiary/aromatic N) is 3. The van der Waals surface area contributed by atoms with Crippen LogP contribution in [0.1, 0.15) is 18.3 Å². The Kier molecular flexibility index (Phi) is 6.58. The Morgan fingerprint density at radius 2 is 1.83 bits per heavy atom. The maximum atomic E-state index is 12.9. The number of thioether (sulfide) groups is 1. The van der Waals surface area contributed by atoms with E-state index in [1.165, 1.54) is 11.8 Å². The van der Waals surface area contributed by atoms with Crippen LogP contribution in [-0.4, -0.2) is 32.7 Å². The molecule has 1 aliphatic rings. The molecule has 1 amide bonds. The molecule has 1 unspecified atom stereocenters. The molecule has 1 aliphatic heterocycles. The molecule has 2 heterocycles. The molecule has 1 aromatic heterocycles. The van der Waals surface area contributed by atoms with Crippen LogP contribution in [0.5, 0.6) is 17.2 Å². The number of anilines is 1. The summed E-state index contributed by atoms with van der Waals surface area (Å²) in [6.45, 7) is 4.26. The van der Waals surface area contributed by atoms with E-state index in [9.17, 15) is 4.79 Å². The first-order chi connectivity index (χ1) is 17.1. The number of aromatic nitrogens is 3. The van der Waals surface area contributed by atoms with E-state index in [2.05, 4.69) is 15.5 Å². The number of nitrogens with one attached hydrogen (secondary N) is 1. The number of para-hydroxylation sites is 2. The maximum Gasteiger partial charge on any atom is 0.237 e. The lowest BCUT2D eigenvalue weighted by Gasteiger charge is -2.14. The molecule has 1 atom stereocenters. The van der Waals surface area contributed by atoms with Crippen molar-refractivity contribution >= 4 is 23.4 Å². The van der Waals surface area contributed by atoms with Gasteiger partial charge in [-0.3, -0.25) is 9.36 Å². The molecule has 0 radical (unpaired) electrons. The Balaban J connectivity index is 1.34. The Bertz CT molecular complexity index is 1340. The van der Waals surface area contributed by atoms with Gasteiger partial charge < -0.3 is 19.5 Å². The van der Waals surface area contributed by atoms with Crippen LogP contribution in [0.15, 0.2) is 78.0 Å². The number of aryl methyl sites for hydroxylation is 1. The largest absolute Gasteiger partial charge is 0.485 e. The smallest absolute Gasteiger partial charge is 0.237 e. The van der Waals surface area contributed by atoms with Crippen molar-refractivity contribution in [2.24, 2.45) is 0 Å². The molecule has 1 N–H and O–H groups in total. The molecule has 178 valence electrons. The van der Waals surface area contributed by atoms with Crippen LogP contribution >= 0.6 is 11.8 Å². The van der Waals surface area contributed by atoms with E-state index in [1.54, 1.807) is 18.2 Å². The summed E-state index contributed by atoms with van der Waals surface area (Å²) < 4.78 is 18.7.